The fourth-order valence-corrected chi connectivity index (χ4v) is 3.31. The van der Waals surface area contributed by atoms with Crippen LogP contribution in [0.3, 0.4) is 0 Å². The van der Waals surface area contributed by atoms with Crippen molar-refractivity contribution in [2.75, 3.05) is 11.1 Å². The van der Waals surface area contributed by atoms with Crippen LogP contribution < -0.4 is 10.6 Å². The van der Waals surface area contributed by atoms with Crippen molar-refractivity contribution in [3.8, 4) is 11.4 Å². The van der Waals surface area contributed by atoms with Crippen molar-refractivity contribution < 1.29 is 14.7 Å². The number of phenols is 1. The van der Waals surface area contributed by atoms with E-state index in [0.717, 1.165) is 12.8 Å². The van der Waals surface area contributed by atoms with E-state index in [4.69, 9.17) is 0 Å². The van der Waals surface area contributed by atoms with E-state index in [9.17, 15) is 14.7 Å². The summed E-state index contributed by atoms with van der Waals surface area (Å²) >= 11 is 1.17. The van der Waals surface area contributed by atoms with Gasteiger partial charge in [-0.3, -0.25) is 9.59 Å². The molecule has 3 N–H and O–H groups in total. The van der Waals surface area contributed by atoms with E-state index >= 15 is 0 Å². The molecular weight excluding hydrogens is 392 g/mol. The molecule has 1 aliphatic carbocycles. The third-order valence-electron chi connectivity index (χ3n) is 4.23. The molecule has 1 heterocycles. The number of carbonyl (C=O) groups is 2. The van der Waals surface area contributed by atoms with Crippen molar-refractivity contribution in [1.29, 1.82) is 0 Å². The number of hydrogen-bond donors (Lipinski definition) is 3. The quantitative estimate of drug-likeness (QED) is 0.509. The summed E-state index contributed by atoms with van der Waals surface area (Å²) in [5, 5.41) is 27.1. The van der Waals surface area contributed by atoms with E-state index in [1.54, 1.807) is 36.4 Å². The van der Waals surface area contributed by atoms with Crippen LogP contribution in [0.15, 0.2) is 53.7 Å². The van der Waals surface area contributed by atoms with Gasteiger partial charge in [-0.2, -0.15) is 4.68 Å². The largest absolute Gasteiger partial charge is 0.508 e. The molecule has 2 amide bonds. The highest BCUT2D eigenvalue weighted by atomic mass is 32.2. The third kappa shape index (κ3) is 4.72. The molecule has 1 fully saturated rings. The van der Waals surface area contributed by atoms with Gasteiger partial charge in [0.25, 0.3) is 5.91 Å². The first-order chi connectivity index (χ1) is 14.1. The second-order valence-electron chi connectivity index (χ2n) is 6.52. The van der Waals surface area contributed by atoms with Crippen LogP contribution >= 0.6 is 11.8 Å². The second kappa shape index (κ2) is 8.31. The number of hydrogen-bond acceptors (Lipinski definition) is 7. The number of anilines is 1. The fraction of sp³-hybridized carbons (Fsp3) is 0.211. The molecule has 9 nitrogen and oxygen atoms in total. The highest BCUT2D eigenvalue weighted by Crippen LogP contribution is 2.23. The summed E-state index contributed by atoms with van der Waals surface area (Å²) < 4.78 is 1.48. The second-order valence-corrected chi connectivity index (χ2v) is 7.46. The van der Waals surface area contributed by atoms with Gasteiger partial charge in [-0.15, -0.1) is 5.10 Å². The number of aromatic hydroxyl groups is 1. The molecule has 0 spiro atoms. The van der Waals surface area contributed by atoms with Crippen LogP contribution in [0, 0.1) is 0 Å². The van der Waals surface area contributed by atoms with Crippen molar-refractivity contribution in [3.63, 3.8) is 0 Å². The zero-order chi connectivity index (χ0) is 20.2. The molecule has 0 bridgehead atoms. The number of amides is 2. The summed E-state index contributed by atoms with van der Waals surface area (Å²) in [7, 11) is 0. The normalized spacial score (nSPS) is 13.1. The van der Waals surface area contributed by atoms with Gasteiger partial charge in [0.1, 0.15) is 5.75 Å². The highest BCUT2D eigenvalue weighted by molar-refractivity contribution is 7.99. The lowest BCUT2D eigenvalue weighted by Gasteiger charge is -2.11. The minimum absolute atomic E-state index is 0.0665. The number of benzene rings is 2. The molecule has 10 heteroatoms. The molecule has 1 aromatic heterocycles. The van der Waals surface area contributed by atoms with Crippen LogP contribution in [-0.2, 0) is 4.79 Å². The fourth-order valence-electron chi connectivity index (χ4n) is 2.62. The molecule has 1 saturated carbocycles. The first-order valence-corrected chi connectivity index (χ1v) is 9.99. The van der Waals surface area contributed by atoms with Gasteiger partial charge in [0.05, 0.1) is 22.7 Å². The lowest BCUT2D eigenvalue weighted by molar-refractivity contribution is -0.113. The summed E-state index contributed by atoms with van der Waals surface area (Å²) in [5.74, 6) is -0.258. The van der Waals surface area contributed by atoms with E-state index < -0.39 is 0 Å². The van der Waals surface area contributed by atoms with Crippen molar-refractivity contribution in [1.82, 2.24) is 25.5 Å². The molecule has 0 unspecified atom stereocenters. The minimum Gasteiger partial charge on any atom is -0.508 e. The van der Waals surface area contributed by atoms with Crippen molar-refractivity contribution in [2.45, 2.75) is 24.0 Å². The standard InChI is InChI=1S/C19H18N6O3S/c26-14-9-7-13(8-10-14)25-19(22-23-24-25)29-11-17(27)21-16-4-2-1-3-15(16)18(28)20-12-5-6-12/h1-4,7-10,12,26H,5-6,11H2,(H,20,28)(H,21,27). The van der Waals surface area contributed by atoms with Gasteiger partial charge in [0.15, 0.2) is 0 Å². The van der Waals surface area contributed by atoms with Gasteiger partial charge in [-0.05, 0) is 59.7 Å². The Labute approximate surface area is 170 Å². The zero-order valence-corrected chi connectivity index (χ0v) is 16.1. The number of rotatable bonds is 7. The maximum absolute atomic E-state index is 12.4. The summed E-state index contributed by atoms with van der Waals surface area (Å²) in [6.07, 6.45) is 1.99. The molecule has 3 aromatic rings. The lowest BCUT2D eigenvalue weighted by atomic mass is 10.1. The number of aromatic nitrogens is 4. The van der Waals surface area contributed by atoms with Gasteiger partial charge in [-0.25, -0.2) is 0 Å². The van der Waals surface area contributed by atoms with E-state index in [1.165, 1.54) is 28.6 Å². The molecule has 0 saturated heterocycles. The molecule has 148 valence electrons. The highest BCUT2D eigenvalue weighted by Gasteiger charge is 2.25. The molecule has 0 aliphatic heterocycles. The first kappa shape index (κ1) is 18.9. The molecule has 2 aromatic carbocycles. The van der Waals surface area contributed by atoms with Gasteiger partial charge < -0.3 is 15.7 Å². The molecule has 29 heavy (non-hydrogen) atoms. The van der Waals surface area contributed by atoms with E-state index in [2.05, 4.69) is 26.2 Å². The van der Waals surface area contributed by atoms with E-state index in [0.29, 0.717) is 22.1 Å². The van der Waals surface area contributed by atoms with Crippen LogP contribution in [0.1, 0.15) is 23.2 Å². The predicted octanol–water partition coefficient (Wildman–Crippen LogP) is 1.99. The number of nitrogens with zero attached hydrogens (tertiary/aromatic N) is 4. The number of phenolic OH excluding ortho intramolecular Hbond substituents is 1. The predicted molar refractivity (Wildman–Crippen MR) is 107 cm³/mol. The Morgan fingerprint density at radius 1 is 1.14 bits per heavy atom. The van der Waals surface area contributed by atoms with Crippen LogP contribution in [0.4, 0.5) is 5.69 Å². The number of nitrogens with one attached hydrogen (secondary N) is 2. The molecule has 1 aliphatic rings. The maximum atomic E-state index is 12.4. The van der Waals surface area contributed by atoms with Gasteiger partial charge in [-0.1, -0.05) is 23.9 Å². The Balaban J connectivity index is 1.40. The average Bonchev–Trinajstić information content (AvgIpc) is 3.41. The Morgan fingerprint density at radius 3 is 2.66 bits per heavy atom. The van der Waals surface area contributed by atoms with Crippen molar-refractivity contribution in [3.05, 3.63) is 54.1 Å². The SMILES string of the molecule is O=C(CSc1nnnn1-c1ccc(O)cc1)Nc1ccccc1C(=O)NC1CC1. The Hall–Kier alpha value is -3.40. The third-order valence-corrected chi connectivity index (χ3v) is 5.15. The van der Waals surface area contributed by atoms with Crippen LogP contribution in [0.2, 0.25) is 0 Å². The van der Waals surface area contributed by atoms with Gasteiger partial charge >= 0.3 is 0 Å². The average molecular weight is 410 g/mol. The molecular formula is C19H18N6O3S. The summed E-state index contributed by atoms with van der Waals surface area (Å²) in [4.78, 5) is 24.8. The van der Waals surface area contributed by atoms with Crippen molar-refractivity contribution >= 4 is 29.3 Å². The summed E-state index contributed by atoms with van der Waals surface area (Å²) in [6.45, 7) is 0. The Morgan fingerprint density at radius 2 is 1.90 bits per heavy atom. The minimum atomic E-state index is -0.276. The van der Waals surface area contributed by atoms with Gasteiger partial charge in [0.2, 0.25) is 11.1 Å². The van der Waals surface area contributed by atoms with E-state index in [-0.39, 0.29) is 29.4 Å². The number of thioether (sulfide) groups is 1. The van der Waals surface area contributed by atoms with Crippen molar-refractivity contribution in [2.24, 2.45) is 0 Å². The molecule has 4 rings (SSSR count). The number of tetrazole rings is 1. The zero-order valence-electron chi connectivity index (χ0n) is 15.3. The van der Waals surface area contributed by atoms with Crippen LogP contribution in [0.5, 0.6) is 5.75 Å². The number of carbonyl (C=O) groups excluding carboxylic acids is 2. The van der Waals surface area contributed by atoms with Gasteiger partial charge in [0, 0.05) is 6.04 Å². The summed E-state index contributed by atoms with van der Waals surface area (Å²) in [5.41, 5.74) is 1.57. The maximum Gasteiger partial charge on any atom is 0.253 e. The Bertz CT molecular complexity index is 1030. The monoisotopic (exact) mass is 410 g/mol. The van der Waals surface area contributed by atoms with Crippen LogP contribution in [-0.4, -0.2) is 48.9 Å². The Kier molecular flexibility index (Phi) is 5.43. The van der Waals surface area contributed by atoms with Crippen LogP contribution in [0.25, 0.3) is 5.69 Å². The molecule has 0 radical (unpaired) electrons. The lowest BCUT2D eigenvalue weighted by Crippen LogP contribution is -2.27. The van der Waals surface area contributed by atoms with E-state index in [1.807, 2.05) is 0 Å². The number of para-hydroxylation sites is 1. The molecule has 0 atom stereocenters. The first-order valence-electron chi connectivity index (χ1n) is 9.00. The smallest absolute Gasteiger partial charge is 0.253 e. The summed E-state index contributed by atoms with van der Waals surface area (Å²) in [6, 6.07) is 13.6. The topological polar surface area (TPSA) is 122 Å².